The van der Waals surface area contributed by atoms with Crippen molar-refractivity contribution in [3.05, 3.63) is 0 Å². The number of hydrogen-bond donors (Lipinski definition) is 1. The van der Waals surface area contributed by atoms with Gasteiger partial charge in [-0.25, -0.2) is 0 Å². The SMILES string of the molecule is CC1CNC2CCC3(CCCC3)CC2S1=O. The zero-order valence-corrected chi connectivity index (χ0v) is 11.0. The molecule has 3 aliphatic rings. The monoisotopic (exact) mass is 241 g/mol. The summed E-state index contributed by atoms with van der Waals surface area (Å²) in [6, 6.07) is 0.559. The van der Waals surface area contributed by atoms with Crippen LogP contribution in [-0.2, 0) is 10.8 Å². The summed E-state index contributed by atoms with van der Waals surface area (Å²) in [5, 5.41) is 4.43. The highest BCUT2D eigenvalue weighted by molar-refractivity contribution is 7.86. The van der Waals surface area contributed by atoms with Crippen LogP contribution in [0.2, 0.25) is 0 Å². The molecule has 3 fully saturated rings. The third kappa shape index (κ3) is 1.76. The van der Waals surface area contributed by atoms with E-state index in [4.69, 9.17) is 0 Å². The predicted molar refractivity (Wildman–Crippen MR) is 67.9 cm³/mol. The summed E-state index contributed by atoms with van der Waals surface area (Å²) < 4.78 is 12.4. The molecule has 0 bridgehead atoms. The van der Waals surface area contributed by atoms with Crippen LogP contribution < -0.4 is 5.32 Å². The molecule has 2 aliphatic carbocycles. The summed E-state index contributed by atoms with van der Waals surface area (Å²) in [6.07, 6.45) is 9.51. The molecule has 1 saturated heterocycles. The van der Waals surface area contributed by atoms with Gasteiger partial charge in [0.1, 0.15) is 0 Å². The fourth-order valence-corrected chi connectivity index (χ4v) is 6.00. The molecule has 1 heterocycles. The summed E-state index contributed by atoms with van der Waals surface area (Å²) >= 11 is 0. The van der Waals surface area contributed by atoms with Gasteiger partial charge in [-0.3, -0.25) is 4.21 Å². The Morgan fingerprint density at radius 3 is 2.75 bits per heavy atom. The Morgan fingerprint density at radius 1 is 1.25 bits per heavy atom. The Labute approximate surface area is 101 Å². The first-order valence-electron chi connectivity index (χ1n) is 6.83. The standard InChI is InChI=1S/C13H23NOS/c1-10-9-14-11-4-7-13(5-2-3-6-13)8-12(11)16(10)15/h10-12,14H,2-9H2,1H3. The van der Waals surface area contributed by atoms with Crippen molar-refractivity contribution >= 4 is 10.8 Å². The van der Waals surface area contributed by atoms with Crippen LogP contribution in [-0.4, -0.2) is 27.3 Å². The van der Waals surface area contributed by atoms with Gasteiger partial charge in [-0.2, -0.15) is 0 Å². The molecule has 0 aromatic heterocycles. The normalized spacial score (nSPS) is 46.8. The highest BCUT2D eigenvalue weighted by Crippen LogP contribution is 2.50. The maximum atomic E-state index is 12.4. The quantitative estimate of drug-likeness (QED) is 0.704. The molecule has 2 saturated carbocycles. The molecular formula is C13H23NOS. The minimum absolute atomic E-state index is 0.359. The summed E-state index contributed by atoms with van der Waals surface area (Å²) in [6.45, 7) is 3.09. The Hall–Kier alpha value is 0.110. The van der Waals surface area contributed by atoms with E-state index in [0.717, 1.165) is 6.54 Å². The lowest BCUT2D eigenvalue weighted by Gasteiger charge is -2.46. The summed E-state index contributed by atoms with van der Waals surface area (Å²) in [7, 11) is -0.586. The van der Waals surface area contributed by atoms with E-state index in [1.165, 1.54) is 44.9 Å². The van der Waals surface area contributed by atoms with Crippen LogP contribution in [0.25, 0.3) is 0 Å². The Balaban J connectivity index is 1.77. The molecule has 3 heteroatoms. The lowest BCUT2D eigenvalue weighted by atomic mass is 9.71. The Kier molecular flexibility index (Phi) is 2.87. The number of fused-ring (bicyclic) bond motifs is 1. The average Bonchev–Trinajstić information content (AvgIpc) is 2.73. The van der Waals surface area contributed by atoms with Gasteiger partial charge in [0.25, 0.3) is 0 Å². The van der Waals surface area contributed by atoms with Crippen molar-refractivity contribution in [2.75, 3.05) is 6.54 Å². The molecule has 1 N–H and O–H groups in total. The molecule has 3 rings (SSSR count). The van der Waals surface area contributed by atoms with Crippen LogP contribution in [0.3, 0.4) is 0 Å². The molecule has 92 valence electrons. The molecule has 0 aromatic rings. The third-order valence-corrected chi connectivity index (χ3v) is 7.15. The average molecular weight is 241 g/mol. The highest BCUT2D eigenvalue weighted by Gasteiger charge is 2.46. The minimum Gasteiger partial charge on any atom is -0.312 e. The van der Waals surface area contributed by atoms with Crippen molar-refractivity contribution in [2.45, 2.75) is 68.4 Å². The first-order chi connectivity index (χ1) is 7.70. The molecule has 0 radical (unpaired) electrons. The molecule has 4 unspecified atom stereocenters. The molecule has 1 spiro atoms. The fraction of sp³-hybridized carbons (Fsp3) is 1.00. The zero-order valence-electron chi connectivity index (χ0n) is 10.2. The Bertz CT molecular complexity index is 298. The first kappa shape index (κ1) is 11.2. The molecule has 4 atom stereocenters. The van der Waals surface area contributed by atoms with Crippen molar-refractivity contribution in [3.8, 4) is 0 Å². The van der Waals surface area contributed by atoms with E-state index >= 15 is 0 Å². The summed E-state index contributed by atoms with van der Waals surface area (Å²) in [5.41, 5.74) is 0.593. The first-order valence-corrected chi connectivity index (χ1v) is 8.11. The maximum Gasteiger partial charge on any atom is 0.0509 e. The minimum atomic E-state index is -0.586. The van der Waals surface area contributed by atoms with Gasteiger partial charge in [0.2, 0.25) is 0 Å². The van der Waals surface area contributed by atoms with Gasteiger partial charge >= 0.3 is 0 Å². The van der Waals surface area contributed by atoms with Crippen LogP contribution >= 0.6 is 0 Å². The summed E-state index contributed by atoms with van der Waals surface area (Å²) in [5.74, 6) is 0. The molecular weight excluding hydrogens is 218 g/mol. The number of hydrogen-bond acceptors (Lipinski definition) is 2. The second-order valence-electron chi connectivity index (χ2n) is 6.14. The smallest absolute Gasteiger partial charge is 0.0509 e. The van der Waals surface area contributed by atoms with Gasteiger partial charge in [0.15, 0.2) is 0 Å². The van der Waals surface area contributed by atoms with Gasteiger partial charge in [0.05, 0.1) is 5.25 Å². The topological polar surface area (TPSA) is 29.1 Å². The number of nitrogens with one attached hydrogen (secondary N) is 1. The molecule has 0 amide bonds. The van der Waals surface area contributed by atoms with Crippen molar-refractivity contribution in [1.82, 2.24) is 5.32 Å². The van der Waals surface area contributed by atoms with Gasteiger partial charge in [0, 0.05) is 28.6 Å². The highest BCUT2D eigenvalue weighted by atomic mass is 32.2. The van der Waals surface area contributed by atoms with E-state index in [1.807, 2.05) is 0 Å². The number of rotatable bonds is 0. The Morgan fingerprint density at radius 2 is 2.00 bits per heavy atom. The van der Waals surface area contributed by atoms with Crippen molar-refractivity contribution < 1.29 is 4.21 Å². The van der Waals surface area contributed by atoms with Crippen LogP contribution in [0.5, 0.6) is 0 Å². The zero-order chi connectivity index (χ0) is 11.2. The van der Waals surface area contributed by atoms with E-state index in [-0.39, 0.29) is 0 Å². The largest absolute Gasteiger partial charge is 0.312 e. The van der Waals surface area contributed by atoms with E-state index in [2.05, 4.69) is 12.2 Å². The second kappa shape index (κ2) is 4.09. The molecule has 0 aromatic carbocycles. The van der Waals surface area contributed by atoms with Gasteiger partial charge in [-0.1, -0.05) is 12.8 Å². The van der Waals surface area contributed by atoms with E-state index < -0.39 is 10.8 Å². The predicted octanol–water partition coefficient (Wildman–Crippen LogP) is 2.21. The van der Waals surface area contributed by atoms with Crippen molar-refractivity contribution in [2.24, 2.45) is 5.41 Å². The fourth-order valence-electron chi connectivity index (χ4n) is 4.07. The van der Waals surface area contributed by atoms with Crippen molar-refractivity contribution in [1.29, 1.82) is 0 Å². The van der Waals surface area contributed by atoms with Gasteiger partial charge in [-0.05, 0) is 44.4 Å². The lowest BCUT2D eigenvalue weighted by molar-refractivity contribution is 0.169. The van der Waals surface area contributed by atoms with Crippen LogP contribution in [0.15, 0.2) is 0 Å². The molecule has 1 aliphatic heterocycles. The van der Waals surface area contributed by atoms with Gasteiger partial charge < -0.3 is 5.32 Å². The second-order valence-corrected chi connectivity index (χ2v) is 8.21. The van der Waals surface area contributed by atoms with Gasteiger partial charge in [-0.15, -0.1) is 0 Å². The lowest BCUT2D eigenvalue weighted by Crippen LogP contribution is -2.57. The van der Waals surface area contributed by atoms with Crippen LogP contribution in [0, 0.1) is 5.41 Å². The van der Waals surface area contributed by atoms with E-state index in [0.29, 0.717) is 22.0 Å². The maximum absolute atomic E-state index is 12.4. The molecule has 2 nitrogen and oxygen atoms in total. The molecule has 16 heavy (non-hydrogen) atoms. The van der Waals surface area contributed by atoms with Crippen LogP contribution in [0.4, 0.5) is 0 Å². The van der Waals surface area contributed by atoms with Crippen molar-refractivity contribution in [3.63, 3.8) is 0 Å². The third-order valence-electron chi connectivity index (χ3n) is 5.10. The van der Waals surface area contributed by atoms with Crippen LogP contribution in [0.1, 0.15) is 51.9 Å². The van der Waals surface area contributed by atoms with E-state index in [9.17, 15) is 4.21 Å². The summed E-state index contributed by atoms with van der Waals surface area (Å²) in [4.78, 5) is 0. The van der Waals surface area contributed by atoms with E-state index in [1.54, 1.807) is 0 Å².